The molecule has 1 saturated heterocycles. The van der Waals surface area contributed by atoms with Crippen molar-refractivity contribution in [2.45, 2.75) is 37.8 Å². The van der Waals surface area contributed by atoms with Crippen LogP contribution in [0.3, 0.4) is 0 Å². The van der Waals surface area contributed by atoms with Gasteiger partial charge in [0.2, 0.25) is 5.91 Å². The molecule has 0 spiro atoms. The van der Waals surface area contributed by atoms with Crippen LogP contribution in [0.4, 0.5) is 0 Å². The molecule has 1 amide bonds. The minimum absolute atomic E-state index is 0. The number of halogens is 1. The SMILES string of the molecule is Cl.N[C@@H]1CCC[C@H]1CC(=O)NCC1COCCO1. The van der Waals surface area contributed by atoms with Crippen molar-refractivity contribution >= 4 is 18.3 Å². The van der Waals surface area contributed by atoms with Gasteiger partial charge >= 0.3 is 0 Å². The van der Waals surface area contributed by atoms with Crippen LogP contribution in [0.1, 0.15) is 25.7 Å². The Bertz CT molecular complexity index is 260. The van der Waals surface area contributed by atoms with Crippen LogP contribution < -0.4 is 11.1 Å². The number of carbonyl (C=O) groups excluding carboxylic acids is 1. The van der Waals surface area contributed by atoms with Gasteiger partial charge in [0.05, 0.1) is 25.9 Å². The summed E-state index contributed by atoms with van der Waals surface area (Å²) in [6.07, 6.45) is 3.84. The lowest BCUT2D eigenvalue weighted by Gasteiger charge is -2.23. The number of ether oxygens (including phenoxy) is 2. The molecule has 1 aliphatic heterocycles. The lowest BCUT2D eigenvalue weighted by molar-refractivity contribution is -0.124. The molecule has 1 saturated carbocycles. The van der Waals surface area contributed by atoms with Crippen molar-refractivity contribution in [2.75, 3.05) is 26.4 Å². The summed E-state index contributed by atoms with van der Waals surface area (Å²) in [4.78, 5) is 11.7. The van der Waals surface area contributed by atoms with Crippen LogP contribution in [0.15, 0.2) is 0 Å². The third kappa shape index (κ3) is 4.72. The zero-order valence-electron chi connectivity index (χ0n) is 10.6. The Hall–Kier alpha value is -0.360. The molecule has 1 aliphatic carbocycles. The van der Waals surface area contributed by atoms with Crippen LogP contribution in [0.2, 0.25) is 0 Å². The van der Waals surface area contributed by atoms with Crippen molar-refractivity contribution in [3.05, 3.63) is 0 Å². The van der Waals surface area contributed by atoms with Gasteiger partial charge in [-0.3, -0.25) is 4.79 Å². The summed E-state index contributed by atoms with van der Waals surface area (Å²) in [5.74, 6) is 0.444. The molecule has 0 aromatic heterocycles. The highest BCUT2D eigenvalue weighted by molar-refractivity contribution is 5.85. The monoisotopic (exact) mass is 278 g/mol. The number of nitrogens with two attached hydrogens (primary N) is 1. The second kappa shape index (κ2) is 7.94. The molecule has 2 aliphatic rings. The molecule has 3 N–H and O–H groups in total. The maximum absolute atomic E-state index is 11.7. The van der Waals surface area contributed by atoms with Crippen molar-refractivity contribution in [3.8, 4) is 0 Å². The fourth-order valence-corrected chi connectivity index (χ4v) is 2.51. The van der Waals surface area contributed by atoms with Crippen molar-refractivity contribution < 1.29 is 14.3 Å². The minimum atomic E-state index is 0. The summed E-state index contributed by atoms with van der Waals surface area (Å²) in [5, 5.41) is 2.90. The maximum atomic E-state index is 11.7. The first-order chi connectivity index (χ1) is 8.25. The van der Waals surface area contributed by atoms with Crippen LogP contribution in [-0.2, 0) is 14.3 Å². The second-order valence-electron chi connectivity index (χ2n) is 4.93. The number of hydrogen-bond acceptors (Lipinski definition) is 4. The molecule has 1 heterocycles. The molecule has 0 aromatic carbocycles. The molecule has 2 rings (SSSR count). The minimum Gasteiger partial charge on any atom is -0.376 e. The molecule has 18 heavy (non-hydrogen) atoms. The van der Waals surface area contributed by atoms with E-state index >= 15 is 0 Å². The summed E-state index contributed by atoms with van der Waals surface area (Å²) in [5.41, 5.74) is 5.94. The average molecular weight is 279 g/mol. The fraction of sp³-hybridized carbons (Fsp3) is 0.917. The highest BCUT2D eigenvalue weighted by atomic mass is 35.5. The lowest BCUT2D eigenvalue weighted by Crippen LogP contribution is -2.40. The number of rotatable bonds is 4. The van der Waals surface area contributed by atoms with E-state index in [1.807, 2.05) is 0 Å². The van der Waals surface area contributed by atoms with Gasteiger partial charge in [-0.1, -0.05) is 6.42 Å². The molecule has 1 unspecified atom stereocenters. The molecule has 6 heteroatoms. The van der Waals surface area contributed by atoms with E-state index < -0.39 is 0 Å². The first kappa shape index (κ1) is 15.7. The second-order valence-corrected chi connectivity index (χ2v) is 4.93. The topological polar surface area (TPSA) is 73.6 Å². The third-order valence-electron chi connectivity index (χ3n) is 3.58. The zero-order chi connectivity index (χ0) is 12.1. The highest BCUT2D eigenvalue weighted by Crippen LogP contribution is 2.26. The summed E-state index contributed by atoms with van der Waals surface area (Å²) in [6, 6.07) is 0.204. The van der Waals surface area contributed by atoms with E-state index in [0.29, 0.717) is 38.7 Å². The van der Waals surface area contributed by atoms with E-state index in [4.69, 9.17) is 15.2 Å². The number of nitrogens with one attached hydrogen (secondary N) is 1. The van der Waals surface area contributed by atoms with Gasteiger partial charge in [-0.2, -0.15) is 0 Å². The predicted octanol–water partition coefficient (Wildman–Crippen LogP) is 0.457. The fourth-order valence-electron chi connectivity index (χ4n) is 2.51. The van der Waals surface area contributed by atoms with Gasteiger partial charge < -0.3 is 20.5 Å². The van der Waals surface area contributed by atoms with Gasteiger partial charge in [-0.15, -0.1) is 12.4 Å². The van der Waals surface area contributed by atoms with Gasteiger partial charge in [0.15, 0.2) is 0 Å². The van der Waals surface area contributed by atoms with Crippen LogP contribution in [0.25, 0.3) is 0 Å². The Kier molecular flexibility index (Phi) is 6.92. The van der Waals surface area contributed by atoms with Crippen LogP contribution in [0, 0.1) is 5.92 Å². The molecule has 2 fully saturated rings. The average Bonchev–Trinajstić information content (AvgIpc) is 2.74. The van der Waals surface area contributed by atoms with Crippen molar-refractivity contribution in [2.24, 2.45) is 11.7 Å². The molecule has 3 atom stereocenters. The number of amides is 1. The first-order valence-corrected chi connectivity index (χ1v) is 6.47. The Morgan fingerprint density at radius 3 is 2.78 bits per heavy atom. The Morgan fingerprint density at radius 1 is 1.33 bits per heavy atom. The molecule has 0 radical (unpaired) electrons. The van der Waals surface area contributed by atoms with E-state index in [2.05, 4.69) is 5.32 Å². The Balaban J connectivity index is 0.00000162. The Labute approximate surface area is 114 Å². The lowest BCUT2D eigenvalue weighted by atomic mass is 10.00. The van der Waals surface area contributed by atoms with E-state index in [9.17, 15) is 4.79 Å². The smallest absolute Gasteiger partial charge is 0.220 e. The van der Waals surface area contributed by atoms with E-state index in [1.165, 1.54) is 0 Å². The summed E-state index contributed by atoms with van der Waals surface area (Å²) >= 11 is 0. The summed E-state index contributed by atoms with van der Waals surface area (Å²) < 4.78 is 10.7. The Morgan fingerprint density at radius 2 is 2.17 bits per heavy atom. The third-order valence-corrected chi connectivity index (χ3v) is 3.58. The quantitative estimate of drug-likeness (QED) is 0.783. The van der Waals surface area contributed by atoms with Gasteiger partial charge in [-0.25, -0.2) is 0 Å². The van der Waals surface area contributed by atoms with Crippen molar-refractivity contribution in [1.29, 1.82) is 0 Å². The predicted molar refractivity (Wildman–Crippen MR) is 70.8 cm³/mol. The van der Waals surface area contributed by atoms with Crippen molar-refractivity contribution in [1.82, 2.24) is 5.32 Å². The van der Waals surface area contributed by atoms with Crippen LogP contribution in [-0.4, -0.2) is 44.4 Å². The van der Waals surface area contributed by atoms with Crippen molar-refractivity contribution in [3.63, 3.8) is 0 Å². The van der Waals surface area contributed by atoms with Gasteiger partial charge in [-0.05, 0) is 18.8 Å². The van der Waals surface area contributed by atoms with Crippen LogP contribution in [0.5, 0.6) is 0 Å². The molecule has 5 nitrogen and oxygen atoms in total. The van der Waals surface area contributed by atoms with E-state index in [0.717, 1.165) is 19.3 Å². The van der Waals surface area contributed by atoms with Gasteiger partial charge in [0.25, 0.3) is 0 Å². The van der Waals surface area contributed by atoms with E-state index in [-0.39, 0.29) is 30.5 Å². The first-order valence-electron chi connectivity index (χ1n) is 6.47. The van der Waals surface area contributed by atoms with Crippen LogP contribution >= 0.6 is 12.4 Å². The molecule has 106 valence electrons. The number of carbonyl (C=O) groups is 1. The number of hydrogen-bond donors (Lipinski definition) is 2. The molecule has 0 aromatic rings. The standard InChI is InChI=1S/C12H22N2O3.ClH/c13-11-3-1-2-9(11)6-12(15)14-7-10-8-16-4-5-17-10;/h9-11H,1-8,13H2,(H,14,15);1H/t9-,10?,11+;/m0./s1. The molecular formula is C12H23ClN2O3. The van der Waals surface area contributed by atoms with E-state index in [1.54, 1.807) is 0 Å². The largest absolute Gasteiger partial charge is 0.376 e. The summed E-state index contributed by atoms with van der Waals surface area (Å²) in [6.45, 7) is 2.39. The summed E-state index contributed by atoms with van der Waals surface area (Å²) in [7, 11) is 0. The zero-order valence-corrected chi connectivity index (χ0v) is 11.4. The normalized spacial score (nSPS) is 31.7. The van der Waals surface area contributed by atoms with Gasteiger partial charge in [0, 0.05) is 19.0 Å². The molecule has 0 bridgehead atoms. The van der Waals surface area contributed by atoms with Gasteiger partial charge in [0.1, 0.15) is 0 Å². The highest BCUT2D eigenvalue weighted by Gasteiger charge is 2.26. The maximum Gasteiger partial charge on any atom is 0.220 e. The molecular weight excluding hydrogens is 256 g/mol.